The first-order valence-electron chi connectivity index (χ1n) is 4.38. The first kappa shape index (κ1) is 6.78. The fraction of sp³-hybridized carbons (Fsp3) is 0.0909. The van der Waals surface area contributed by atoms with Crippen LogP contribution in [0.3, 0.4) is 0 Å². The van der Waals surface area contributed by atoms with Crippen molar-refractivity contribution in [3.63, 3.8) is 0 Å². The Morgan fingerprint density at radius 1 is 1.15 bits per heavy atom. The van der Waals surface area contributed by atoms with E-state index in [4.69, 9.17) is 0 Å². The molecule has 0 unspecified atom stereocenters. The van der Waals surface area contributed by atoms with Gasteiger partial charge in [0.2, 0.25) is 0 Å². The number of aryl methyl sites for hydroxylation is 1. The first-order valence-corrected chi connectivity index (χ1v) is 4.38. The van der Waals surface area contributed by atoms with Gasteiger partial charge < -0.3 is 9.55 Å². The summed E-state index contributed by atoms with van der Waals surface area (Å²) in [6.07, 6.45) is 2.08. The van der Waals surface area contributed by atoms with Crippen LogP contribution in [-0.4, -0.2) is 9.55 Å². The lowest BCUT2D eigenvalue weighted by molar-refractivity contribution is 0.973. The molecule has 0 aliphatic carbocycles. The SMILES string of the molecule is Cn1ccc2[nH]c3ccccc3c21.[HH]. The van der Waals surface area contributed by atoms with Crippen LogP contribution in [-0.2, 0) is 7.05 Å². The van der Waals surface area contributed by atoms with Crippen molar-refractivity contribution in [2.75, 3.05) is 0 Å². The molecule has 66 valence electrons. The van der Waals surface area contributed by atoms with E-state index >= 15 is 0 Å². The quantitative estimate of drug-likeness (QED) is 0.538. The van der Waals surface area contributed by atoms with Crippen molar-refractivity contribution in [3.8, 4) is 0 Å². The predicted octanol–water partition coefficient (Wildman–Crippen LogP) is 2.91. The van der Waals surface area contributed by atoms with Crippen LogP contribution in [0.1, 0.15) is 1.43 Å². The molecule has 2 aromatic heterocycles. The molecular formula is C11H12N2. The number of H-pyrrole nitrogens is 1. The summed E-state index contributed by atoms with van der Waals surface area (Å²) in [5, 5.41) is 1.30. The van der Waals surface area contributed by atoms with Gasteiger partial charge in [-0.05, 0) is 12.1 Å². The largest absolute Gasteiger partial charge is 0.353 e. The Morgan fingerprint density at radius 3 is 2.92 bits per heavy atom. The van der Waals surface area contributed by atoms with E-state index in [0.29, 0.717) is 0 Å². The van der Waals surface area contributed by atoms with Crippen LogP contribution in [0.2, 0.25) is 0 Å². The summed E-state index contributed by atoms with van der Waals surface area (Å²) in [5.74, 6) is 0. The minimum absolute atomic E-state index is 0. The Bertz CT molecular complexity index is 577. The van der Waals surface area contributed by atoms with E-state index in [1.54, 1.807) is 0 Å². The molecule has 0 spiro atoms. The van der Waals surface area contributed by atoms with E-state index in [0.717, 1.165) is 0 Å². The highest BCUT2D eigenvalue weighted by atomic mass is 14.9. The third kappa shape index (κ3) is 0.773. The van der Waals surface area contributed by atoms with Gasteiger partial charge in [0.1, 0.15) is 0 Å². The van der Waals surface area contributed by atoms with Crippen LogP contribution in [0.15, 0.2) is 36.5 Å². The number of aromatic nitrogens is 2. The van der Waals surface area contributed by atoms with E-state index in [2.05, 4.69) is 53.1 Å². The van der Waals surface area contributed by atoms with Gasteiger partial charge in [-0.15, -0.1) is 0 Å². The highest BCUT2D eigenvalue weighted by Crippen LogP contribution is 2.24. The minimum Gasteiger partial charge on any atom is -0.353 e. The highest BCUT2D eigenvalue weighted by molar-refractivity contribution is 6.05. The average Bonchev–Trinajstić information content (AvgIpc) is 2.66. The van der Waals surface area contributed by atoms with Gasteiger partial charge >= 0.3 is 0 Å². The van der Waals surface area contributed by atoms with E-state index in [1.807, 2.05) is 0 Å². The van der Waals surface area contributed by atoms with Crippen molar-refractivity contribution in [1.82, 2.24) is 9.55 Å². The first-order chi connectivity index (χ1) is 6.36. The van der Waals surface area contributed by atoms with Crippen molar-refractivity contribution < 1.29 is 1.43 Å². The molecule has 0 atom stereocenters. The molecule has 0 radical (unpaired) electrons. The molecule has 2 heteroatoms. The molecule has 1 N–H and O–H groups in total. The molecule has 0 amide bonds. The van der Waals surface area contributed by atoms with Crippen molar-refractivity contribution in [3.05, 3.63) is 36.5 Å². The van der Waals surface area contributed by atoms with Crippen LogP contribution >= 0.6 is 0 Å². The Labute approximate surface area is 77.3 Å². The number of para-hydroxylation sites is 1. The zero-order valence-electron chi connectivity index (χ0n) is 7.41. The van der Waals surface area contributed by atoms with Gasteiger partial charge in [-0.3, -0.25) is 0 Å². The second kappa shape index (κ2) is 2.16. The molecule has 3 aromatic rings. The monoisotopic (exact) mass is 172 g/mol. The predicted molar refractivity (Wildman–Crippen MR) is 56.9 cm³/mol. The van der Waals surface area contributed by atoms with Gasteiger partial charge in [-0.25, -0.2) is 0 Å². The molecule has 0 bridgehead atoms. The molecule has 0 aliphatic rings. The summed E-state index contributed by atoms with van der Waals surface area (Å²) >= 11 is 0. The minimum atomic E-state index is 0. The van der Waals surface area contributed by atoms with Crippen LogP contribution in [0, 0.1) is 0 Å². The second-order valence-electron chi connectivity index (χ2n) is 3.36. The smallest absolute Gasteiger partial charge is 0.0737 e. The van der Waals surface area contributed by atoms with Gasteiger partial charge in [0, 0.05) is 25.6 Å². The maximum absolute atomic E-state index is 3.38. The maximum atomic E-state index is 3.38. The van der Waals surface area contributed by atoms with E-state index < -0.39 is 0 Å². The molecule has 1 aromatic carbocycles. The number of benzene rings is 1. The summed E-state index contributed by atoms with van der Waals surface area (Å²) in [6.45, 7) is 0. The Balaban J connectivity index is 0.000000750. The number of hydrogen-bond acceptors (Lipinski definition) is 0. The fourth-order valence-electron chi connectivity index (χ4n) is 1.91. The van der Waals surface area contributed by atoms with Gasteiger partial charge in [-0.1, -0.05) is 18.2 Å². The average molecular weight is 172 g/mol. The van der Waals surface area contributed by atoms with Crippen LogP contribution < -0.4 is 0 Å². The lowest BCUT2D eigenvalue weighted by Crippen LogP contribution is -1.81. The van der Waals surface area contributed by atoms with E-state index in [-0.39, 0.29) is 1.43 Å². The summed E-state index contributed by atoms with van der Waals surface area (Å²) in [5.41, 5.74) is 3.71. The molecule has 0 saturated heterocycles. The number of hydrogen-bond donors (Lipinski definition) is 1. The lowest BCUT2D eigenvalue weighted by atomic mass is 10.2. The van der Waals surface area contributed by atoms with Crippen molar-refractivity contribution in [1.29, 1.82) is 0 Å². The zero-order valence-corrected chi connectivity index (χ0v) is 7.41. The normalized spacial score (nSPS) is 11.5. The summed E-state index contributed by atoms with van der Waals surface area (Å²) in [4.78, 5) is 3.38. The number of nitrogens with zero attached hydrogens (tertiary/aromatic N) is 1. The fourth-order valence-corrected chi connectivity index (χ4v) is 1.91. The Hall–Kier alpha value is -1.70. The second-order valence-corrected chi connectivity index (χ2v) is 3.36. The molecule has 2 nitrogen and oxygen atoms in total. The van der Waals surface area contributed by atoms with Crippen LogP contribution in [0.5, 0.6) is 0 Å². The maximum Gasteiger partial charge on any atom is 0.0737 e. The summed E-state index contributed by atoms with van der Waals surface area (Å²) in [7, 11) is 2.07. The molecule has 0 aliphatic heterocycles. The van der Waals surface area contributed by atoms with Crippen LogP contribution in [0.25, 0.3) is 21.9 Å². The molecule has 0 saturated carbocycles. The van der Waals surface area contributed by atoms with Gasteiger partial charge in [-0.2, -0.15) is 0 Å². The molecule has 2 heterocycles. The van der Waals surface area contributed by atoms with Crippen molar-refractivity contribution in [2.45, 2.75) is 0 Å². The lowest BCUT2D eigenvalue weighted by Gasteiger charge is -1.92. The standard InChI is InChI=1S/C11H10N2.H2/c1-13-7-6-10-11(13)8-4-2-3-5-9(8)12-10;/h2-7,12H,1H3;1H. The molecule has 13 heavy (non-hydrogen) atoms. The van der Waals surface area contributed by atoms with Gasteiger partial charge in [0.05, 0.1) is 11.0 Å². The van der Waals surface area contributed by atoms with E-state index in [1.165, 1.54) is 21.9 Å². The van der Waals surface area contributed by atoms with Gasteiger partial charge in [0.15, 0.2) is 0 Å². The summed E-state index contributed by atoms with van der Waals surface area (Å²) < 4.78 is 2.15. The highest BCUT2D eigenvalue weighted by Gasteiger charge is 2.04. The topological polar surface area (TPSA) is 20.7 Å². The Morgan fingerprint density at radius 2 is 2.00 bits per heavy atom. The molecule has 0 fully saturated rings. The van der Waals surface area contributed by atoms with Crippen molar-refractivity contribution >= 4 is 21.9 Å². The molecular weight excluding hydrogens is 160 g/mol. The number of nitrogens with one attached hydrogen (secondary N) is 1. The Kier molecular flexibility index (Phi) is 1.13. The third-order valence-electron chi connectivity index (χ3n) is 2.52. The zero-order chi connectivity index (χ0) is 8.84. The third-order valence-corrected chi connectivity index (χ3v) is 2.52. The number of fused-ring (bicyclic) bond motifs is 3. The molecule has 3 rings (SSSR count). The number of rotatable bonds is 0. The van der Waals surface area contributed by atoms with Gasteiger partial charge in [0.25, 0.3) is 0 Å². The van der Waals surface area contributed by atoms with Crippen LogP contribution in [0.4, 0.5) is 0 Å². The van der Waals surface area contributed by atoms with Crippen molar-refractivity contribution in [2.24, 2.45) is 7.05 Å². The number of aromatic amines is 1. The summed E-state index contributed by atoms with van der Waals surface area (Å²) in [6, 6.07) is 10.5. The van der Waals surface area contributed by atoms with E-state index in [9.17, 15) is 0 Å².